The fraction of sp³-hybridized carbons (Fsp3) is 0.314. The van der Waals surface area contributed by atoms with Gasteiger partial charge in [0.05, 0.1) is 10.5 Å². The molecule has 0 bridgehead atoms. The van der Waals surface area contributed by atoms with Crippen LogP contribution in [-0.2, 0) is 17.0 Å². The fourth-order valence-corrected chi connectivity index (χ4v) is 5.95. The van der Waals surface area contributed by atoms with E-state index in [1.165, 1.54) is 0 Å². The molecule has 0 amide bonds. The zero-order valence-electron chi connectivity index (χ0n) is 25.6. The van der Waals surface area contributed by atoms with Gasteiger partial charge >= 0.3 is 6.18 Å². The van der Waals surface area contributed by atoms with E-state index in [1.807, 2.05) is 73.7 Å². The Labute approximate surface area is 255 Å². The van der Waals surface area contributed by atoms with Crippen LogP contribution in [-0.4, -0.2) is 10.0 Å². The van der Waals surface area contributed by atoms with Crippen molar-refractivity contribution in [1.82, 2.24) is 0 Å². The third-order valence-electron chi connectivity index (χ3n) is 7.85. The normalized spacial score (nSPS) is 12.9. The highest BCUT2D eigenvalue weighted by atomic mass is 19.4. The van der Waals surface area contributed by atoms with E-state index < -0.39 is 33.2 Å². The molecule has 4 aromatic carbocycles. The zero-order chi connectivity index (χ0) is 32.5. The zero-order valence-corrected chi connectivity index (χ0v) is 25.6. The lowest BCUT2D eigenvalue weighted by Crippen LogP contribution is -2.28. The number of azo groups is 1. The topological polar surface area (TPSA) is 88.1 Å². The molecule has 9 heteroatoms. The van der Waals surface area contributed by atoms with Gasteiger partial charge in [-0.2, -0.15) is 13.2 Å². The molecule has 4 rings (SSSR count). The lowest BCUT2D eigenvalue weighted by atomic mass is 9.67. The van der Waals surface area contributed by atoms with Crippen molar-refractivity contribution >= 4 is 17.1 Å². The van der Waals surface area contributed by atoms with Crippen molar-refractivity contribution in [3.05, 3.63) is 129 Å². The number of aromatic hydroxyl groups is 1. The first kappa shape index (κ1) is 32.4. The Morgan fingerprint density at radius 1 is 0.705 bits per heavy atom. The maximum absolute atomic E-state index is 13.3. The van der Waals surface area contributed by atoms with Crippen molar-refractivity contribution in [2.24, 2.45) is 15.6 Å². The highest BCUT2D eigenvalue weighted by molar-refractivity contribution is 5.66. The molecule has 0 aliphatic carbocycles. The molecule has 0 radical (unpaired) electrons. The van der Waals surface area contributed by atoms with Crippen molar-refractivity contribution in [1.29, 1.82) is 0 Å². The summed E-state index contributed by atoms with van der Waals surface area (Å²) in [6, 6.07) is 25.2. The largest absolute Gasteiger partial charge is 0.505 e. The second-order valence-corrected chi connectivity index (χ2v) is 13.0. The van der Waals surface area contributed by atoms with Gasteiger partial charge in [0.15, 0.2) is 5.69 Å². The molecular weight excluding hydrogens is 567 g/mol. The molecule has 44 heavy (non-hydrogen) atoms. The minimum atomic E-state index is -4.76. The molecule has 0 unspecified atom stereocenters. The van der Waals surface area contributed by atoms with E-state index in [2.05, 4.69) is 44.8 Å². The van der Waals surface area contributed by atoms with E-state index in [-0.39, 0.29) is 22.5 Å². The van der Waals surface area contributed by atoms with Crippen LogP contribution < -0.4 is 0 Å². The van der Waals surface area contributed by atoms with E-state index in [0.29, 0.717) is 11.6 Å². The first-order valence-corrected chi connectivity index (χ1v) is 14.2. The summed E-state index contributed by atoms with van der Waals surface area (Å²) < 4.78 is 39.8. The number of hydrogen-bond donors (Lipinski definition) is 1. The number of nitrogens with zero attached hydrogens (tertiary/aromatic N) is 3. The van der Waals surface area contributed by atoms with Crippen LogP contribution in [0.2, 0.25) is 0 Å². The highest BCUT2D eigenvalue weighted by Gasteiger charge is 2.37. The van der Waals surface area contributed by atoms with Crippen LogP contribution in [0, 0.1) is 15.5 Å². The summed E-state index contributed by atoms with van der Waals surface area (Å²) in [4.78, 5) is 10.8. The van der Waals surface area contributed by atoms with Gasteiger partial charge in [-0.1, -0.05) is 101 Å². The second-order valence-electron chi connectivity index (χ2n) is 13.0. The quantitative estimate of drug-likeness (QED) is 0.0940. The molecule has 0 saturated heterocycles. The van der Waals surface area contributed by atoms with Gasteiger partial charge < -0.3 is 5.11 Å². The molecule has 6 nitrogen and oxygen atoms in total. The van der Waals surface area contributed by atoms with Crippen molar-refractivity contribution < 1.29 is 23.2 Å². The van der Waals surface area contributed by atoms with Crippen LogP contribution >= 0.6 is 0 Å². The van der Waals surface area contributed by atoms with Crippen LogP contribution in [0.25, 0.3) is 0 Å². The molecule has 0 aromatic heterocycles. The van der Waals surface area contributed by atoms with E-state index in [1.54, 1.807) is 6.07 Å². The lowest BCUT2D eigenvalue weighted by Gasteiger charge is -2.36. The Kier molecular flexibility index (Phi) is 8.73. The number of benzene rings is 4. The predicted octanol–water partition coefficient (Wildman–Crippen LogP) is 10.8. The van der Waals surface area contributed by atoms with Gasteiger partial charge in [-0.3, -0.25) is 10.1 Å². The molecule has 230 valence electrons. The SMILES string of the molecule is CC(C)(C)CC(C)(C)c1cc(N=Nc2ccc(C(F)(F)F)cc2[N+](=O)[O-])c(O)c(C(C)(c2ccccc2)c2ccccc2)c1. The standard InChI is InChI=1S/C35H36F3N3O3/c1-32(2,3)22-33(4,5)26-19-27(34(6,23-13-9-7-10-14-23)24-15-11-8-12-16-24)31(42)29(20-26)40-39-28-18-17-25(35(36,37)38)21-30(28)41(43)44/h7-21,42H,22H2,1-6H3. The number of phenolic OH excluding ortho intramolecular Hbond substituents is 1. The lowest BCUT2D eigenvalue weighted by molar-refractivity contribution is -0.384. The minimum absolute atomic E-state index is 0.0479. The molecule has 0 fully saturated rings. The van der Waals surface area contributed by atoms with Crippen LogP contribution in [0.3, 0.4) is 0 Å². The van der Waals surface area contributed by atoms with E-state index in [0.717, 1.165) is 35.2 Å². The number of halogens is 3. The number of hydrogen-bond acceptors (Lipinski definition) is 5. The summed E-state index contributed by atoms with van der Waals surface area (Å²) in [6.45, 7) is 12.6. The van der Waals surface area contributed by atoms with Gasteiger partial charge in [-0.15, -0.1) is 10.2 Å². The average molecular weight is 604 g/mol. The van der Waals surface area contributed by atoms with Crippen molar-refractivity contribution in [2.45, 2.75) is 65.0 Å². The van der Waals surface area contributed by atoms with Crippen LogP contribution in [0.5, 0.6) is 5.75 Å². The third-order valence-corrected chi connectivity index (χ3v) is 7.85. The van der Waals surface area contributed by atoms with Gasteiger partial charge in [0, 0.05) is 17.0 Å². The summed E-state index contributed by atoms with van der Waals surface area (Å²) in [5.41, 5.74) is -0.409. The van der Waals surface area contributed by atoms with Crippen LogP contribution in [0.15, 0.2) is 101 Å². The van der Waals surface area contributed by atoms with Gasteiger partial charge in [0.25, 0.3) is 5.69 Å². The Bertz CT molecular complexity index is 1640. The third kappa shape index (κ3) is 6.82. The van der Waals surface area contributed by atoms with E-state index >= 15 is 0 Å². The molecule has 0 heterocycles. The Hall–Kier alpha value is -4.53. The van der Waals surface area contributed by atoms with E-state index in [4.69, 9.17) is 0 Å². The molecule has 0 aliphatic rings. The molecule has 0 saturated carbocycles. The summed E-state index contributed by atoms with van der Waals surface area (Å²) in [5, 5.41) is 31.8. The van der Waals surface area contributed by atoms with Crippen molar-refractivity contribution in [2.75, 3.05) is 0 Å². The number of rotatable bonds is 8. The fourth-order valence-electron chi connectivity index (χ4n) is 5.95. The molecule has 4 aromatic rings. The smallest absolute Gasteiger partial charge is 0.416 e. The maximum atomic E-state index is 13.3. The summed E-state index contributed by atoms with van der Waals surface area (Å²) >= 11 is 0. The number of alkyl halides is 3. The second kappa shape index (κ2) is 11.9. The Balaban J connectivity index is 2.00. The molecule has 1 N–H and O–H groups in total. The summed E-state index contributed by atoms with van der Waals surface area (Å²) in [5.74, 6) is -0.186. The first-order valence-electron chi connectivity index (χ1n) is 14.2. The Morgan fingerprint density at radius 3 is 1.70 bits per heavy atom. The summed E-state index contributed by atoms with van der Waals surface area (Å²) in [6.07, 6.45) is -3.99. The number of phenols is 1. The van der Waals surface area contributed by atoms with Gasteiger partial charge in [-0.05, 0) is 59.1 Å². The van der Waals surface area contributed by atoms with Crippen molar-refractivity contribution in [3.8, 4) is 5.75 Å². The average Bonchev–Trinajstić information content (AvgIpc) is 2.95. The van der Waals surface area contributed by atoms with E-state index in [9.17, 15) is 28.4 Å². The highest BCUT2D eigenvalue weighted by Crippen LogP contribution is 2.49. The number of nitro groups is 1. The summed E-state index contributed by atoms with van der Waals surface area (Å²) in [7, 11) is 0. The molecule has 0 atom stereocenters. The minimum Gasteiger partial charge on any atom is -0.505 e. The van der Waals surface area contributed by atoms with Crippen LogP contribution in [0.1, 0.15) is 75.8 Å². The predicted molar refractivity (Wildman–Crippen MR) is 166 cm³/mol. The molecule has 0 spiro atoms. The van der Waals surface area contributed by atoms with Gasteiger partial charge in [0.1, 0.15) is 11.4 Å². The van der Waals surface area contributed by atoms with Crippen LogP contribution in [0.4, 0.5) is 30.2 Å². The van der Waals surface area contributed by atoms with Crippen molar-refractivity contribution in [3.63, 3.8) is 0 Å². The first-order chi connectivity index (χ1) is 20.4. The number of nitro benzene ring substituents is 1. The molecule has 0 aliphatic heterocycles. The van der Waals surface area contributed by atoms with Gasteiger partial charge in [-0.25, -0.2) is 0 Å². The Morgan fingerprint density at radius 2 is 1.23 bits per heavy atom. The monoisotopic (exact) mass is 603 g/mol. The molecular formula is C35H36F3N3O3. The maximum Gasteiger partial charge on any atom is 0.416 e. The van der Waals surface area contributed by atoms with Gasteiger partial charge in [0.2, 0.25) is 0 Å².